The minimum Gasteiger partial charge on any atom is -0.480 e. The van der Waals surface area contributed by atoms with Crippen molar-refractivity contribution in [3.63, 3.8) is 0 Å². The molecule has 22 heavy (non-hydrogen) atoms. The Kier molecular flexibility index (Phi) is 3.52. The van der Waals surface area contributed by atoms with Crippen LogP contribution in [0.1, 0.15) is 28.9 Å². The largest absolute Gasteiger partial charge is 0.480 e. The Morgan fingerprint density at radius 1 is 1.36 bits per heavy atom. The molecule has 0 bridgehead atoms. The summed E-state index contributed by atoms with van der Waals surface area (Å²) in [6.45, 7) is 1.64. The molecule has 1 aromatic carbocycles. The van der Waals surface area contributed by atoms with Crippen molar-refractivity contribution >= 4 is 22.8 Å². The number of pyridine rings is 1. The maximum absolute atomic E-state index is 13.2. The van der Waals surface area contributed by atoms with Gasteiger partial charge in [0.05, 0.1) is 16.8 Å². The predicted molar refractivity (Wildman–Crippen MR) is 78.1 cm³/mol. The van der Waals surface area contributed by atoms with Crippen molar-refractivity contribution in [3.8, 4) is 0 Å². The van der Waals surface area contributed by atoms with Gasteiger partial charge in [-0.25, -0.2) is 9.18 Å². The van der Waals surface area contributed by atoms with Gasteiger partial charge in [0.1, 0.15) is 11.9 Å². The highest BCUT2D eigenvalue weighted by Gasteiger charge is 2.37. The van der Waals surface area contributed by atoms with Crippen LogP contribution < -0.4 is 5.32 Å². The fourth-order valence-corrected chi connectivity index (χ4v) is 2.50. The van der Waals surface area contributed by atoms with Gasteiger partial charge in [-0.2, -0.15) is 0 Å². The molecule has 2 aromatic rings. The zero-order chi connectivity index (χ0) is 15.9. The number of nitrogens with zero attached hydrogens (tertiary/aromatic N) is 1. The normalized spacial score (nSPS) is 15.5. The van der Waals surface area contributed by atoms with E-state index in [0.717, 1.165) is 12.8 Å². The van der Waals surface area contributed by atoms with Crippen molar-refractivity contribution in [1.82, 2.24) is 10.3 Å². The Morgan fingerprint density at radius 2 is 2.09 bits per heavy atom. The molecule has 1 amide bonds. The van der Waals surface area contributed by atoms with E-state index in [-0.39, 0.29) is 5.92 Å². The van der Waals surface area contributed by atoms with Gasteiger partial charge in [-0.3, -0.25) is 9.78 Å². The first kappa shape index (κ1) is 14.4. The first-order chi connectivity index (χ1) is 10.5. The fraction of sp³-hybridized carbons (Fsp3) is 0.312. The number of halogens is 1. The first-order valence-electron chi connectivity index (χ1n) is 7.06. The number of aryl methyl sites for hydroxylation is 1. The number of rotatable bonds is 4. The standard InChI is InChI=1S/C16H15FN2O3/c1-8-12(6-10-4-5-11(17)7-13(10)18-8)15(20)19-14(16(21)22)9-2-3-9/h4-7,9,14H,2-3H2,1H3,(H,19,20)(H,21,22). The summed E-state index contributed by atoms with van der Waals surface area (Å²) in [4.78, 5) is 27.8. The molecular formula is C16H15FN2O3. The van der Waals surface area contributed by atoms with E-state index in [1.807, 2.05) is 0 Å². The predicted octanol–water partition coefficient (Wildman–Crippen LogP) is 2.28. The average Bonchev–Trinajstić information content (AvgIpc) is 3.27. The third-order valence-corrected chi connectivity index (χ3v) is 3.86. The van der Waals surface area contributed by atoms with Crippen LogP contribution in [0, 0.1) is 18.7 Å². The number of aromatic nitrogens is 1. The molecule has 114 valence electrons. The molecule has 0 saturated heterocycles. The second kappa shape index (κ2) is 5.36. The number of fused-ring (bicyclic) bond motifs is 1. The number of carboxylic acid groups (broad SMARTS) is 1. The summed E-state index contributed by atoms with van der Waals surface area (Å²) in [5.41, 5.74) is 1.22. The van der Waals surface area contributed by atoms with Crippen molar-refractivity contribution in [3.05, 3.63) is 41.3 Å². The molecule has 0 radical (unpaired) electrons. The molecule has 1 atom stereocenters. The molecule has 0 aliphatic heterocycles. The smallest absolute Gasteiger partial charge is 0.326 e. The maximum Gasteiger partial charge on any atom is 0.326 e. The molecular weight excluding hydrogens is 287 g/mol. The van der Waals surface area contributed by atoms with Crippen molar-refractivity contribution in [2.75, 3.05) is 0 Å². The second-order valence-electron chi connectivity index (χ2n) is 5.59. The summed E-state index contributed by atoms with van der Waals surface area (Å²) >= 11 is 0. The minimum absolute atomic E-state index is 0.00395. The molecule has 0 spiro atoms. The summed E-state index contributed by atoms with van der Waals surface area (Å²) in [5.74, 6) is -1.87. The summed E-state index contributed by atoms with van der Waals surface area (Å²) in [6.07, 6.45) is 1.62. The number of carbonyl (C=O) groups excluding carboxylic acids is 1. The van der Waals surface area contributed by atoms with Crippen molar-refractivity contribution in [2.24, 2.45) is 5.92 Å². The van der Waals surface area contributed by atoms with Gasteiger partial charge in [-0.1, -0.05) is 0 Å². The van der Waals surface area contributed by atoms with Crippen LogP contribution in [0.15, 0.2) is 24.3 Å². The number of nitrogens with one attached hydrogen (secondary N) is 1. The Bertz CT molecular complexity index is 771. The second-order valence-corrected chi connectivity index (χ2v) is 5.59. The van der Waals surface area contributed by atoms with Crippen LogP contribution in [0.5, 0.6) is 0 Å². The average molecular weight is 302 g/mol. The molecule has 1 fully saturated rings. The lowest BCUT2D eigenvalue weighted by atomic mass is 10.1. The van der Waals surface area contributed by atoms with Crippen LogP contribution in [0.2, 0.25) is 0 Å². The number of carbonyl (C=O) groups is 2. The molecule has 1 aliphatic carbocycles. The number of amides is 1. The highest BCUT2D eigenvalue weighted by Crippen LogP contribution is 2.33. The topological polar surface area (TPSA) is 79.3 Å². The highest BCUT2D eigenvalue weighted by atomic mass is 19.1. The van der Waals surface area contributed by atoms with Crippen LogP contribution in [-0.2, 0) is 4.79 Å². The molecule has 3 rings (SSSR count). The Hall–Kier alpha value is -2.50. The van der Waals surface area contributed by atoms with E-state index >= 15 is 0 Å². The van der Waals surface area contributed by atoms with Crippen molar-refractivity contribution in [1.29, 1.82) is 0 Å². The molecule has 1 unspecified atom stereocenters. The number of hydrogen-bond acceptors (Lipinski definition) is 3. The lowest BCUT2D eigenvalue weighted by Gasteiger charge is -2.14. The molecule has 1 saturated carbocycles. The van der Waals surface area contributed by atoms with E-state index in [1.165, 1.54) is 12.1 Å². The third kappa shape index (κ3) is 2.77. The van der Waals surface area contributed by atoms with Crippen LogP contribution in [0.25, 0.3) is 10.9 Å². The van der Waals surface area contributed by atoms with Crippen molar-refractivity contribution < 1.29 is 19.1 Å². The Balaban J connectivity index is 1.91. The number of aliphatic carboxylic acids is 1. The molecule has 5 nitrogen and oxygen atoms in total. The summed E-state index contributed by atoms with van der Waals surface area (Å²) < 4.78 is 13.2. The van der Waals surface area contributed by atoms with Gasteiger partial charge < -0.3 is 10.4 Å². The van der Waals surface area contributed by atoms with Crippen LogP contribution in [0.4, 0.5) is 4.39 Å². The van der Waals surface area contributed by atoms with E-state index in [9.17, 15) is 19.1 Å². The van der Waals surface area contributed by atoms with Gasteiger partial charge in [-0.15, -0.1) is 0 Å². The highest BCUT2D eigenvalue weighted by molar-refractivity contribution is 6.00. The zero-order valence-electron chi connectivity index (χ0n) is 12.0. The Morgan fingerprint density at radius 3 is 2.73 bits per heavy atom. The quantitative estimate of drug-likeness (QED) is 0.908. The molecule has 1 aliphatic rings. The number of carboxylic acids is 1. The van der Waals surface area contributed by atoms with Crippen LogP contribution in [-0.4, -0.2) is 28.0 Å². The Labute approximate surface area is 126 Å². The summed E-state index contributed by atoms with van der Waals surface area (Å²) in [6, 6.07) is 4.89. The van der Waals surface area contributed by atoms with Gasteiger partial charge >= 0.3 is 5.97 Å². The third-order valence-electron chi connectivity index (χ3n) is 3.86. The number of benzene rings is 1. The van der Waals surface area contributed by atoms with Gasteiger partial charge in [0.2, 0.25) is 0 Å². The van der Waals surface area contributed by atoms with E-state index in [4.69, 9.17) is 0 Å². The van der Waals surface area contributed by atoms with E-state index < -0.39 is 23.7 Å². The van der Waals surface area contributed by atoms with Gasteiger partial charge in [0, 0.05) is 11.5 Å². The molecule has 1 aromatic heterocycles. The van der Waals surface area contributed by atoms with E-state index in [1.54, 1.807) is 19.1 Å². The zero-order valence-corrected chi connectivity index (χ0v) is 12.0. The molecule has 6 heteroatoms. The van der Waals surface area contributed by atoms with Crippen molar-refractivity contribution in [2.45, 2.75) is 25.8 Å². The van der Waals surface area contributed by atoms with Crippen LogP contribution >= 0.6 is 0 Å². The summed E-state index contributed by atoms with van der Waals surface area (Å²) in [5, 5.41) is 12.4. The first-order valence-corrected chi connectivity index (χ1v) is 7.06. The van der Waals surface area contributed by atoms with Crippen LogP contribution in [0.3, 0.4) is 0 Å². The van der Waals surface area contributed by atoms with E-state index in [2.05, 4.69) is 10.3 Å². The summed E-state index contributed by atoms with van der Waals surface area (Å²) in [7, 11) is 0. The lowest BCUT2D eigenvalue weighted by Crippen LogP contribution is -2.42. The van der Waals surface area contributed by atoms with E-state index in [0.29, 0.717) is 22.2 Å². The monoisotopic (exact) mass is 302 g/mol. The minimum atomic E-state index is -1.02. The van der Waals surface area contributed by atoms with Gasteiger partial charge in [-0.05, 0) is 43.9 Å². The molecule has 1 heterocycles. The molecule has 2 N–H and O–H groups in total. The maximum atomic E-state index is 13.2. The van der Waals surface area contributed by atoms with Gasteiger partial charge in [0.25, 0.3) is 5.91 Å². The lowest BCUT2D eigenvalue weighted by molar-refractivity contribution is -0.139. The van der Waals surface area contributed by atoms with Gasteiger partial charge in [0.15, 0.2) is 0 Å². The SMILES string of the molecule is Cc1nc2cc(F)ccc2cc1C(=O)NC(C(=O)O)C1CC1. The fourth-order valence-electron chi connectivity index (χ4n) is 2.50. The number of hydrogen-bond donors (Lipinski definition) is 2.